The van der Waals surface area contributed by atoms with Gasteiger partial charge in [0.1, 0.15) is 0 Å². The van der Waals surface area contributed by atoms with Crippen LogP contribution in [0.15, 0.2) is 24.3 Å². The van der Waals surface area contributed by atoms with Crippen molar-refractivity contribution in [3.63, 3.8) is 0 Å². The first-order valence-electron chi connectivity index (χ1n) is 5.45. The number of carbonyl (C=O) groups is 2. The van der Waals surface area contributed by atoms with Crippen molar-refractivity contribution in [3.05, 3.63) is 34.9 Å². The Labute approximate surface area is 105 Å². The van der Waals surface area contributed by atoms with E-state index in [1.54, 1.807) is 26.0 Å². The molecule has 0 spiro atoms. The van der Waals surface area contributed by atoms with Crippen LogP contribution in [-0.4, -0.2) is 17.7 Å². The Balaban J connectivity index is 2.91. The Kier molecular flexibility index (Phi) is 4.82. The van der Waals surface area contributed by atoms with Crippen molar-refractivity contribution in [2.24, 2.45) is 5.92 Å². The van der Waals surface area contributed by atoms with Crippen molar-refractivity contribution in [1.82, 2.24) is 0 Å². The zero-order chi connectivity index (χ0) is 13.0. The molecule has 2 unspecified atom stereocenters. The number of Topliss-reactive ketones (excluding diaryl/α,β-unsaturated/α-hetero) is 2. The Morgan fingerprint density at radius 2 is 1.94 bits per heavy atom. The molecule has 0 aromatic heterocycles. The van der Waals surface area contributed by atoms with Crippen LogP contribution in [0.3, 0.4) is 0 Å². The van der Waals surface area contributed by atoms with Gasteiger partial charge in [0.15, 0.2) is 5.78 Å². The molecule has 17 heavy (non-hydrogen) atoms. The Morgan fingerprint density at radius 3 is 2.47 bits per heavy atom. The van der Waals surface area contributed by atoms with Crippen molar-refractivity contribution in [2.45, 2.75) is 26.4 Å². The molecule has 0 saturated carbocycles. The molecule has 0 amide bonds. The van der Waals surface area contributed by atoms with E-state index in [9.17, 15) is 14.0 Å². The van der Waals surface area contributed by atoms with Gasteiger partial charge in [-0.3, -0.25) is 9.59 Å². The third kappa shape index (κ3) is 3.13. The summed E-state index contributed by atoms with van der Waals surface area (Å²) in [5.41, 5.74) is 0.0540. The molecule has 1 rings (SSSR count). The maximum atomic E-state index is 13.7. The first-order chi connectivity index (χ1) is 7.99. The van der Waals surface area contributed by atoms with Gasteiger partial charge < -0.3 is 0 Å². The van der Waals surface area contributed by atoms with E-state index in [2.05, 4.69) is 0 Å². The molecular formula is C13H14ClFO2. The van der Waals surface area contributed by atoms with Crippen LogP contribution in [0, 0.1) is 5.92 Å². The lowest BCUT2D eigenvalue weighted by atomic mass is 9.95. The number of alkyl halides is 1. The van der Waals surface area contributed by atoms with E-state index < -0.39 is 23.7 Å². The topological polar surface area (TPSA) is 34.1 Å². The zero-order valence-electron chi connectivity index (χ0n) is 9.74. The van der Waals surface area contributed by atoms with Crippen LogP contribution in [0.5, 0.6) is 0 Å². The Bertz CT molecular complexity index is 431. The fourth-order valence-corrected chi connectivity index (χ4v) is 1.61. The molecule has 4 heteroatoms. The van der Waals surface area contributed by atoms with Gasteiger partial charge in [0, 0.05) is 11.5 Å². The summed E-state index contributed by atoms with van der Waals surface area (Å²) in [5, 5.41) is 0.164. The SMILES string of the molecule is CCC(C)C(=O)C(F)C(=O)c1ccccc1Cl. The predicted octanol–water partition coefficient (Wildman–Crippen LogP) is 3.48. The lowest BCUT2D eigenvalue weighted by molar-refractivity contribution is -0.125. The van der Waals surface area contributed by atoms with Crippen LogP contribution in [0.4, 0.5) is 4.39 Å². The van der Waals surface area contributed by atoms with Crippen molar-refractivity contribution in [2.75, 3.05) is 0 Å². The maximum absolute atomic E-state index is 13.7. The van der Waals surface area contributed by atoms with Crippen molar-refractivity contribution in [1.29, 1.82) is 0 Å². The molecule has 2 atom stereocenters. The summed E-state index contributed by atoms with van der Waals surface area (Å²) in [6.45, 7) is 3.38. The van der Waals surface area contributed by atoms with Gasteiger partial charge in [0.05, 0.1) is 5.02 Å². The molecule has 0 aliphatic carbocycles. The van der Waals surface area contributed by atoms with Crippen molar-refractivity contribution < 1.29 is 14.0 Å². The summed E-state index contributed by atoms with van der Waals surface area (Å²) < 4.78 is 13.7. The minimum Gasteiger partial charge on any atom is -0.296 e. The van der Waals surface area contributed by atoms with Gasteiger partial charge >= 0.3 is 0 Å². The van der Waals surface area contributed by atoms with E-state index in [0.29, 0.717) is 6.42 Å². The summed E-state index contributed by atoms with van der Waals surface area (Å²) in [6, 6.07) is 6.14. The van der Waals surface area contributed by atoms with Crippen molar-refractivity contribution >= 4 is 23.2 Å². The summed E-state index contributed by atoms with van der Waals surface area (Å²) in [5.74, 6) is -2.00. The largest absolute Gasteiger partial charge is 0.296 e. The highest BCUT2D eigenvalue weighted by Gasteiger charge is 2.30. The maximum Gasteiger partial charge on any atom is 0.221 e. The molecule has 0 aliphatic rings. The second kappa shape index (κ2) is 5.92. The average molecular weight is 257 g/mol. The van der Waals surface area contributed by atoms with Crippen LogP contribution in [0.1, 0.15) is 30.6 Å². The molecule has 1 aromatic carbocycles. The van der Waals surface area contributed by atoms with E-state index in [-0.39, 0.29) is 10.6 Å². The van der Waals surface area contributed by atoms with Gasteiger partial charge in [-0.25, -0.2) is 4.39 Å². The monoisotopic (exact) mass is 256 g/mol. The Morgan fingerprint density at radius 1 is 1.35 bits per heavy atom. The van der Waals surface area contributed by atoms with Crippen LogP contribution >= 0.6 is 11.6 Å². The molecule has 0 fully saturated rings. The van der Waals surface area contributed by atoms with Crippen molar-refractivity contribution in [3.8, 4) is 0 Å². The number of carbonyl (C=O) groups excluding carboxylic acids is 2. The van der Waals surface area contributed by atoms with Gasteiger partial charge in [-0.1, -0.05) is 37.6 Å². The lowest BCUT2D eigenvalue weighted by Crippen LogP contribution is -2.30. The average Bonchev–Trinajstić information content (AvgIpc) is 2.35. The highest BCUT2D eigenvalue weighted by atomic mass is 35.5. The first-order valence-corrected chi connectivity index (χ1v) is 5.83. The number of halogens is 2. The molecule has 1 aromatic rings. The second-order valence-corrected chi connectivity index (χ2v) is 4.33. The van der Waals surface area contributed by atoms with E-state index in [1.807, 2.05) is 0 Å². The molecule has 0 bridgehead atoms. The van der Waals surface area contributed by atoms with E-state index in [0.717, 1.165) is 0 Å². The van der Waals surface area contributed by atoms with Crippen LogP contribution in [-0.2, 0) is 4.79 Å². The van der Waals surface area contributed by atoms with Gasteiger partial charge in [-0.05, 0) is 18.6 Å². The summed E-state index contributed by atoms with van der Waals surface area (Å²) in [6.07, 6.45) is -1.61. The zero-order valence-corrected chi connectivity index (χ0v) is 10.5. The second-order valence-electron chi connectivity index (χ2n) is 3.92. The highest BCUT2D eigenvalue weighted by molar-refractivity contribution is 6.34. The lowest BCUT2D eigenvalue weighted by Gasteiger charge is -2.11. The van der Waals surface area contributed by atoms with Gasteiger partial charge in [-0.15, -0.1) is 0 Å². The molecule has 0 N–H and O–H groups in total. The number of hydrogen-bond acceptors (Lipinski definition) is 2. The number of ketones is 2. The minimum absolute atomic E-state index is 0.0540. The van der Waals surface area contributed by atoms with Gasteiger partial charge in [0.2, 0.25) is 12.0 Å². The summed E-state index contributed by atoms with van der Waals surface area (Å²) in [7, 11) is 0. The smallest absolute Gasteiger partial charge is 0.221 e. The van der Waals surface area contributed by atoms with Crippen LogP contribution in [0.2, 0.25) is 5.02 Å². The van der Waals surface area contributed by atoms with Crippen LogP contribution in [0.25, 0.3) is 0 Å². The molecule has 2 nitrogen and oxygen atoms in total. The molecule has 0 heterocycles. The molecule has 0 radical (unpaired) electrons. The predicted molar refractivity (Wildman–Crippen MR) is 65.1 cm³/mol. The first kappa shape index (κ1) is 13.8. The number of rotatable bonds is 5. The fraction of sp³-hybridized carbons (Fsp3) is 0.385. The molecule has 92 valence electrons. The van der Waals surface area contributed by atoms with Crippen LogP contribution < -0.4 is 0 Å². The van der Waals surface area contributed by atoms with Gasteiger partial charge in [-0.2, -0.15) is 0 Å². The normalized spacial score (nSPS) is 14.1. The quantitative estimate of drug-likeness (QED) is 0.597. The number of benzene rings is 1. The molecule has 0 aliphatic heterocycles. The summed E-state index contributed by atoms with van der Waals surface area (Å²) in [4.78, 5) is 23.3. The molecular weight excluding hydrogens is 243 g/mol. The van der Waals surface area contributed by atoms with E-state index >= 15 is 0 Å². The van der Waals surface area contributed by atoms with E-state index in [4.69, 9.17) is 11.6 Å². The third-order valence-corrected chi connectivity index (χ3v) is 3.05. The Hall–Kier alpha value is -1.22. The fourth-order valence-electron chi connectivity index (χ4n) is 1.38. The van der Waals surface area contributed by atoms with Gasteiger partial charge in [0.25, 0.3) is 0 Å². The third-order valence-electron chi connectivity index (χ3n) is 2.72. The highest BCUT2D eigenvalue weighted by Crippen LogP contribution is 2.20. The number of hydrogen-bond donors (Lipinski definition) is 0. The minimum atomic E-state index is -2.12. The molecule has 0 saturated heterocycles. The standard InChI is InChI=1S/C13H14ClFO2/c1-3-8(2)12(16)11(15)13(17)9-6-4-5-7-10(9)14/h4-8,11H,3H2,1-2H3. The summed E-state index contributed by atoms with van der Waals surface area (Å²) >= 11 is 5.78. The van der Waals surface area contributed by atoms with E-state index in [1.165, 1.54) is 12.1 Å².